The van der Waals surface area contributed by atoms with E-state index in [2.05, 4.69) is 15.5 Å². The molecule has 4 aromatic rings. The highest BCUT2D eigenvalue weighted by molar-refractivity contribution is 7.99. The van der Waals surface area contributed by atoms with Crippen molar-refractivity contribution in [2.75, 3.05) is 18.8 Å². The third kappa shape index (κ3) is 4.46. The summed E-state index contributed by atoms with van der Waals surface area (Å²) in [5, 5.41) is 21.9. The van der Waals surface area contributed by atoms with E-state index in [9.17, 15) is 23.1 Å². The van der Waals surface area contributed by atoms with Crippen LogP contribution in [0.25, 0.3) is 28.1 Å². The second-order valence-electron chi connectivity index (χ2n) is 8.45. The fourth-order valence-corrected chi connectivity index (χ4v) is 5.41. The molecule has 4 heterocycles. The average molecular weight is 517 g/mol. The average Bonchev–Trinajstić information content (AvgIpc) is 3.51. The van der Waals surface area contributed by atoms with Crippen molar-refractivity contribution >= 4 is 34.4 Å². The monoisotopic (exact) mass is 516 g/mol. The number of halogens is 3. The van der Waals surface area contributed by atoms with Crippen LogP contribution in [0, 0.1) is 0 Å². The molecule has 0 radical (unpaired) electrons. The van der Waals surface area contributed by atoms with Gasteiger partial charge >= 0.3 is 12.3 Å². The van der Waals surface area contributed by atoms with Gasteiger partial charge in [-0.05, 0) is 36.9 Å². The van der Waals surface area contributed by atoms with E-state index in [-0.39, 0.29) is 17.9 Å². The van der Waals surface area contributed by atoms with Crippen molar-refractivity contribution < 1.29 is 23.1 Å². The van der Waals surface area contributed by atoms with E-state index in [1.54, 1.807) is 17.8 Å². The van der Waals surface area contributed by atoms with Crippen LogP contribution in [0.3, 0.4) is 0 Å². The van der Waals surface area contributed by atoms with E-state index >= 15 is 0 Å². The van der Waals surface area contributed by atoms with Gasteiger partial charge in [0.15, 0.2) is 17.5 Å². The van der Waals surface area contributed by atoms with E-state index in [1.165, 1.54) is 22.7 Å². The molecule has 188 valence electrons. The van der Waals surface area contributed by atoms with Crippen LogP contribution in [0.4, 0.5) is 18.0 Å². The minimum absolute atomic E-state index is 0.165. The SMILES string of the molecule is CCSc1cccc2ccc(-c3nnc4ccc([C@@H](N(C(=O)O)C5CCNC5)C(F)(F)F)cn34)nc12. The molecule has 1 saturated heterocycles. The second-order valence-corrected chi connectivity index (χ2v) is 9.76. The van der Waals surface area contributed by atoms with Gasteiger partial charge in [0, 0.05) is 34.6 Å². The molecular weight excluding hydrogens is 493 g/mol. The third-order valence-electron chi connectivity index (χ3n) is 6.19. The lowest BCUT2D eigenvalue weighted by atomic mass is 10.0. The number of para-hydroxylation sites is 1. The first-order valence-corrected chi connectivity index (χ1v) is 12.4. The largest absolute Gasteiger partial charge is 0.465 e. The predicted molar refractivity (Wildman–Crippen MR) is 130 cm³/mol. The molecule has 3 aromatic heterocycles. The van der Waals surface area contributed by atoms with Crippen LogP contribution in [-0.4, -0.2) is 66.7 Å². The Morgan fingerprint density at radius 1 is 1.25 bits per heavy atom. The number of nitrogens with zero attached hydrogens (tertiary/aromatic N) is 5. The molecule has 0 bridgehead atoms. The zero-order valence-corrected chi connectivity index (χ0v) is 20.1. The first-order valence-electron chi connectivity index (χ1n) is 11.4. The van der Waals surface area contributed by atoms with E-state index in [1.807, 2.05) is 31.2 Å². The molecule has 0 spiro atoms. The molecule has 1 unspecified atom stereocenters. The quantitative estimate of drug-likeness (QED) is 0.348. The maximum atomic E-state index is 14.3. The lowest BCUT2D eigenvalue weighted by molar-refractivity contribution is -0.185. The van der Waals surface area contributed by atoms with Gasteiger partial charge < -0.3 is 10.4 Å². The lowest BCUT2D eigenvalue weighted by Gasteiger charge is -2.35. The minimum Gasteiger partial charge on any atom is -0.465 e. The van der Waals surface area contributed by atoms with E-state index < -0.39 is 24.4 Å². The number of fused-ring (bicyclic) bond motifs is 2. The Kier molecular flexibility index (Phi) is 6.47. The van der Waals surface area contributed by atoms with Gasteiger partial charge in [0.2, 0.25) is 0 Å². The van der Waals surface area contributed by atoms with E-state index in [4.69, 9.17) is 4.98 Å². The van der Waals surface area contributed by atoms with Crippen LogP contribution >= 0.6 is 11.8 Å². The Morgan fingerprint density at radius 2 is 2.08 bits per heavy atom. The number of nitrogens with one attached hydrogen (secondary N) is 1. The highest BCUT2D eigenvalue weighted by atomic mass is 32.2. The first-order chi connectivity index (χ1) is 17.3. The normalized spacial score (nSPS) is 17.1. The highest BCUT2D eigenvalue weighted by Crippen LogP contribution is 2.40. The predicted octanol–water partition coefficient (Wildman–Crippen LogP) is 5.00. The van der Waals surface area contributed by atoms with Gasteiger partial charge in [-0.3, -0.25) is 9.30 Å². The van der Waals surface area contributed by atoms with Crippen LogP contribution in [0.1, 0.15) is 24.9 Å². The van der Waals surface area contributed by atoms with Gasteiger partial charge in [0.05, 0.1) is 5.52 Å². The summed E-state index contributed by atoms with van der Waals surface area (Å²) in [4.78, 5) is 18.3. The Bertz CT molecular complexity index is 1420. The van der Waals surface area contributed by atoms with Gasteiger partial charge in [-0.25, -0.2) is 9.78 Å². The van der Waals surface area contributed by atoms with Crippen molar-refractivity contribution in [3.8, 4) is 11.5 Å². The van der Waals surface area contributed by atoms with Crippen molar-refractivity contribution in [2.45, 2.75) is 36.5 Å². The van der Waals surface area contributed by atoms with Crippen molar-refractivity contribution in [1.29, 1.82) is 0 Å². The molecule has 1 fully saturated rings. The fourth-order valence-electron chi connectivity index (χ4n) is 4.62. The molecular formula is C24H23F3N6O2S. The Hall–Kier alpha value is -3.38. The molecule has 2 N–H and O–H groups in total. The van der Waals surface area contributed by atoms with Crippen LogP contribution in [0.15, 0.2) is 53.6 Å². The fraction of sp³-hybridized carbons (Fsp3) is 0.333. The number of thioether (sulfide) groups is 1. The van der Waals surface area contributed by atoms with Crippen molar-refractivity contribution in [2.24, 2.45) is 0 Å². The molecule has 1 aromatic carbocycles. The Balaban J connectivity index is 1.63. The number of carboxylic acid groups (broad SMARTS) is 1. The molecule has 5 rings (SSSR count). The summed E-state index contributed by atoms with van der Waals surface area (Å²) < 4.78 is 44.4. The molecule has 36 heavy (non-hydrogen) atoms. The van der Waals surface area contributed by atoms with Gasteiger partial charge in [-0.15, -0.1) is 22.0 Å². The summed E-state index contributed by atoms with van der Waals surface area (Å²) in [5.41, 5.74) is 1.34. The summed E-state index contributed by atoms with van der Waals surface area (Å²) in [6.45, 7) is 2.66. The molecule has 1 amide bonds. The minimum atomic E-state index is -4.82. The molecule has 8 nitrogen and oxygen atoms in total. The van der Waals surface area contributed by atoms with Crippen molar-refractivity contribution in [3.63, 3.8) is 0 Å². The number of hydrogen-bond donors (Lipinski definition) is 2. The zero-order chi connectivity index (χ0) is 25.4. The molecule has 2 atom stereocenters. The summed E-state index contributed by atoms with van der Waals surface area (Å²) >= 11 is 1.64. The van der Waals surface area contributed by atoms with E-state index in [0.717, 1.165) is 21.6 Å². The van der Waals surface area contributed by atoms with Crippen LogP contribution in [-0.2, 0) is 0 Å². The highest BCUT2D eigenvalue weighted by Gasteiger charge is 2.49. The summed E-state index contributed by atoms with van der Waals surface area (Å²) in [5.74, 6) is 1.13. The van der Waals surface area contributed by atoms with Crippen LogP contribution in [0.5, 0.6) is 0 Å². The number of benzene rings is 1. The maximum Gasteiger partial charge on any atom is 0.413 e. The number of alkyl halides is 3. The zero-order valence-electron chi connectivity index (χ0n) is 19.2. The smallest absolute Gasteiger partial charge is 0.413 e. The van der Waals surface area contributed by atoms with Gasteiger partial charge in [-0.2, -0.15) is 13.2 Å². The van der Waals surface area contributed by atoms with E-state index in [0.29, 0.717) is 29.2 Å². The molecule has 12 heteroatoms. The number of amides is 1. The standard InChI is InChI=1S/C24H23F3N6O2S/c1-2-36-18-5-3-4-14-6-8-17(29-20(14)18)22-31-30-19-9-7-15(13-32(19)22)21(24(25,26)27)33(23(34)35)16-10-11-28-12-16/h3-9,13,16,21,28H,2,10-12H2,1H3,(H,34,35)/t16?,21-/m1/s1. The number of rotatable bonds is 6. The topological polar surface area (TPSA) is 95.7 Å². The van der Waals surface area contributed by atoms with Gasteiger partial charge in [0.1, 0.15) is 5.69 Å². The van der Waals surface area contributed by atoms with Crippen LogP contribution in [0.2, 0.25) is 0 Å². The summed E-state index contributed by atoms with van der Waals surface area (Å²) in [6, 6.07) is 9.05. The third-order valence-corrected chi connectivity index (χ3v) is 7.12. The van der Waals surface area contributed by atoms with Crippen molar-refractivity contribution in [3.05, 3.63) is 54.2 Å². The summed E-state index contributed by atoms with van der Waals surface area (Å²) in [7, 11) is 0. The number of aromatic nitrogens is 4. The van der Waals surface area contributed by atoms with Gasteiger partial charge in [0.25, 0.3) is 0 Å². The molecule has 0 saturated carbocycles. The number of pyridine rings is 2. The Labute approximate surface area is 208 Å². The Morgan fingerprint density at radius 3 is 2.78 bits per heavy atom. The number of carbonyl (C=O) groups is 1. The van der Waals surface area contributed by atoms with Gasteiger partial charge in [-0.1, -0.05) is 31.2 Å². The molecule has 1 aliphatic heterocycles. The van der Waals surface area contributed by atoms with Crippen molar-refractivity contribution in [1.82, 2.24) is 29.8 Å². The first kappa shape index (κ1) is 24.3. The molecule has 0 aliphatic carbocycles. The second kappa shape index (κ2) is 9.58. The number of hydrogen-bond acceptors (Lipinski definition) is 6. The summed E-state index contributed by atoms with van der Waals surface area (Å²) in [6.07, 6.45) is -4.87. The van der Waals surface area contributed by atoms with Crippen LogP contribution < -0.4 is 5.32 Å². The molecule has 1 aliphatic rings. The lowest BCUT2D eigenvalue weighted by Crippen LogP contribution is -2.48. The maximum absolute atomic E-state index is 14.3.